The van der Waals surface area contributed by atoms with Crippen LogP contribution in [-0.4, -0.2) is 37.7 Å². The summed E-state index contributed by atoms with van der Waals surface area (Å²) in [6, 6.07) is 0.0381. The van der Waals surface area contributed by atoms with Crippen molar-refractivity contribution < 1.29 is 9.53 Å². The summed E-state index contributed by atoms with van der Waals surface area (Å²) in [6.07, 6.45) is 0. The highest BCUT2D eigenvalue weighted by Gasteiger charge is 2.22. The minimum atomic E-state index is -0.176. The van der Waals surface area contributed by atoms with Gasteiger partial charge in [-0.15, -0.1) is 12.4 Å². The Labute approximate surface area is 97.5 Å². The van der Waals surface area contributed by atoms with Crippen LogP contribution in [0.15, 0.2) is 0 Å². The molecule has 90 valence electrons. The third kappa shape index (κ3) is 4.82. The fourth-order valence-corrected chi connectivity index (χ4v) is 1.23. The third-order valence-corrected chi connectivity index (χ3v) is 2.61. The van der Waals surface area contributed by atoms with Crippen molar-refractivity contribution in [1.82, 2.24) is 10.6 Å². The number of hydrogen-bond donors (Lipinski definition) is 2. The molecule has 0 aromatic rings. The molecule has 1 rings (SSSR count). The van der Waals surface area contributed by atoms with E-state index in [-0.39, 0.29) is 30.4 Å². The van der Waals surface area contributed by atoms with E-state index in [1.165, 1.54) is 0 Å². The number of ether oxygens (including phenoxy) is 1. The smallest absolute Gasteiger partial charge is 0.239 e. The van der Waals surface area contributed by atoms with Crippen molar-refractivity contribution in [3.8, 4) is 0 Å². The van der Waals surface area contributed by atoms with Crippen molar-refractivity contribution in [1.29, 1.82) is 0 Å². The van der Waals surface area contributed by atoms with Crippen LogP contribution >= 0.6 is 12.4 Å². The van der Waals surface area contributed by atoms with Crippen LogP contribution in [0.4, 0.5) is 0 Å². The lowest BCUT2D eigenvalue weighted by Crippen LogP contribution is -2.53. The van der Waals surface area contributed by atoms with Crippen molar-refractivity contribution in [3.05, 3.63) is 0 Å². The van der Waals surface area contributed by atoms with E-state index in [1.807, 2.05) is 6.92 Å². The predicted molar refractivity (Wildman–Crippen MR) is 62.3 cm³/mol. The predicted octanol–water partition coefficient (Wildman–Crippen LogP) is 0.557. The van der Waals surface area contributed by atoms with Gasteiger partial charge in [0.25, 0.3) is 0 Å². The third-order valence-electron chi connectivity index (χ3n) is 2.61. The van der Waals surface area contributed by atoms with E-state index in [0.29, 0.717) is 19.1 Å². The molecule has 0 aromatic carbocycles. The number of nitrogens with one attached hydrogen (secondary N) is 2. The van der Waals surface area contributed by atoms with Gasteiger partial charge in [0.05, 0.1) is 13.2 Å². The Balaban J connectivity index is 0.00000196. The van der Waals surface area contributed by atoms with Crippen LogP contribution in [-0.2, 0) is 9.53 Å². The van der Waals surface area contributed by atoms with Crippen LogP contribution in [0.25, 0.3) is 0 Å². The molecule has 15 heavy (non-hydrogen) atoms. The largest absolute Gasteiger partial charge is 0.378 e. The molecule has 1 aliphatic rings. The van der Waals surface area contributed by atoms with Crippen molar-refractivity contribution in [2.75, 3.05) is 19.8 Å². The molecular weight excluding hydrogens is 216 g/mol. The molecule has 0 aromatic heterocycles. The molecule has 2 atom stereocenters. The van der Waals surface area contributed by atoms with Crippen LogP contribution < -0.4 is 10.6 Å². The zero-order valence-electron chi connectivity index (χ0n) is 9.58. The van der Waals surface area contributed by atoms with Crippen molar-refractivity contribution in [3.63, 3.8) is 0 Å². The maximum atomic E-state index is 11.7. The highest BCUT2D eigenvalue weighted by molar-refractivity contribution is 5.85. The second-order valence-corrected chi connectivity index (χ2v) is 4.12. The fraction of sp³-hybridized carbons (Fsp3) is 0.900. The lowest BCUT2D eigenvalue weighted by molar-refractivity contribution is -0.126. The van der Waals surface area contributed by atoms with E-state index in [9.17, 15) is 4.79 Å². The lowest BCUT2D eigenvalue weighted by atomic mass is 10.1. The number of carbonyl (C=O) groups is 1. The van der Waals surface area contributed by atoms with Crippen LogP contribution in [0, 0.1) is 5.92 Å². The Bertz CT molecular complexity index is 194. The first-order valence-corrected chi connectivity index (χ1v) is 5.22. The van der Waals surface area contributed by atoms with Crippen molar-refractivity contribution in [2.45, 2.75) is 32.9 Å². The summed E-state index contributed by atoms with van der Waals surface area (Å²) in [5, 5.41) is 6.09. The quantitative estimate of drug-likeness (QED) is 0.753. The van der Waals surface area contributed by atoms with Crippen LogP contribution in [0.1, 0.15) is 20.8 Å². The van der Waals surface area contributed by atoms with Gasteiger partial charge < -0.3 is 15.4 Å². The molecule has 2 N–H and O–H groups in total. The Morgan fingerprint density at radius 1 is 1.47 bits per heavy atom. The van der Waals surface area contributed by atoms with Crippen LogP contribution in [0.2, 0.25) is 0 Å². The van der Waals surface area contributed by atoms with Gasteiger partial charge in [0.1, 0.15) is 6.04 Å². The summed E-state index contributed by atoms with van der Waals surface area (Å²) in [5.74, 6) is 0.509. The zero-order chi connectivity index (χ0) is 10.6. The SMILES string of the molecule is CC(C)C(C)NC(=O)C1COCCN1.Cl. The van der Waals surface area contributed by atoms with Gasteiger partial charge in [0.2, 0.25) is 5.91 Å². The Morgan fingerprint density at radius 2 is 2.13 bits per heavy atom. The van der Waals surface area contributed by atoms with E-state index in [0.717, 1.165) is 6.54 Å². The Morgan fingerprint density at radius 3 is 2.60 bits per heavy atom. The van der Waals surface area contributed by atoms with Gasteiger partial charge in [-0.3, -0.25) is 4.79 Å². The van der Waals surface area contributed by atoms with Gasteiger partial charge in [-0.25, -0.2) is 0 Å². The van der Waals surface area contributed by atoms with Gasteiger partial charge in [-0.1, -0.05) is 13.8 Å². The average molecular weight is 237 g/mol. The first-order valence-electron chi connectivity index (χ1n) is 5.22. The van der Waals surface area contributed by atoms with Gasteiger partial charge in [-0.05, 0) is 12.8 Å². The summed E-state index contributed by atoms with van der Waals surface area (Å²) in [4.78, 5) is 11.7. The molecule has 0 spiro atoms. The van der Waals surface area contributed by atoms with Crippen LogP contribution in [0.5, 0.6) is 0 Å². The van der Waals surface area contributed by atoms with E-state index in [2.05, 4.69) is 24.5 Å². The standard InChI is InChI=1S/C10H20N2O2.ClH/c1-7(2)8(3)12-10(13)9-6-14-5-4-11-9;/h7-9,11H,4-6H2,1-3H3,(H,12,13);1H. The molecule has 5 heteroatoms. The second kappa shape index (κ2) is 7.04. The molecule has 0 radical (unpaired) electrons. The van der Waals surface area contributed by atoms with E-state index < -0.39 is 0 Å². The van der Waals surface area contributed by atoms with Gasteiger partial charge in [-0.2, -0.15) is 0 Å². The van der Waals surface area contributed by atoms with E-state index >= 15 is 0 Å². The normalized spacial score (nSPS) is 23.1. The number of amides is 1. The monoisotopic (exact) mass is 236 g/mol. The molecule has 1 aliphatic heterocycles. The van der Waals surface area contributed by atoms with Gasteiger partial charge >= 0.3 is 0 Å². The molecule has 1 heterocycles. The van der Waals surface area contributed by atoms with E-state index in [1.54, 1.807) is 0 Å². The maximum Gasteiger partial charge on any atom is 0.239 e. The summed E-state index contributed by atoms with van der Waals surface area (Å²) >= 11 is 0. The zero-order valence-corrected chi connectivity index (χ0v) is 10.4. The highest BCUT2D eigenvalue weighted by atomic mass is 35.5. The molecule has 0 bridgehead atoms. The fourth-order valence-electron chi connectivity index (χ4n) is 1.23. The minimum absolute atomic E-state index is 0. The molecule has 1 fully saturated rings. The Kier molecular flexibility index (Phi) is 6.89. The second-order valence-electron chi connectivity index (χ2n) is 4.12. The van der Waals surface area contributed by atoms with E-state index in [4.69, 9.17) is 4.74 Å². The number of rotatable bonds is 3. The molecule has 2 unspecified atom stereocenters. The van der Waals surface area contributed by atoms with Crippen molar-refractivity contribution in [2.24, 2.45) is 5.92 Å². The van der Waals surface area contributed by atoms with Crippen molar-refractivity contribution >= 4 is 18.3 Å². The van der Waals surface area contributed by atoms with Crippen LogP contribution in [0.3, 0.4) is 0 Å². The van der Waals surface area contributed by atoms with Gasteiger partial charge in [0, 0.05) is 12.6 Å². The van der Waals surface area contributed by atoms with Gasteiger partial charge in [0.15, 0.2) is 0 Å². The highest BCUT2D eigenvalue weighted by Crippen LogP contribution is 2.01. The number of morpholine rings is 1. The first-order chi connectivity index (χ1) is 6.61. The molecule has 0 saturated carbocycles. The molecule has 0 aliphatic carbocycles. The molecule has 1 amide bonds. The number of carbonyl (C=O) groups excluding carboxylic acids is 1. The maximum absolute atomic E-state index is 11.7. The molecule has 1 saturated heterocycles. The number of hydrogen-bond acceptors (Lipinski definition) is 3. The number of halogens is 1. The molecule has 4 nitrogen and oxygen atoms in total. The topological polar surface area (TPSA) is 50.4 Å². The summed E-state index contributed by atoms with van der Waals surface area (Å²) in [5.41, 5.74) is 0. The minimum Gasteiger partial charge on any atom is -0.378 e. The first kappa shape index (κ1) is 14.7. The summed E-state index contributed by atoms with van der Waals surface area (Å²) in [7, 11) is 0. The molecular formula is C10H21ClN2O2. The lowest BCUT2D eigenvalue weighted by Gasteiger charge is -2.25. The average Bonchev–Trinajstić information content (AvgIpc) is 2.19. The Hall–Kier alpha value is -0.320. The summed E-state index contributed by atoms with van der Waals surface area (Å²) in [6.45, 7) is 8.14. The summed E-state index contributed by atoms with van der Waals surface area (Å²) < 4.78 is 5.22.